The molecular formula is C12H9Cl3N2O2S. The van der Waals surface area contributed by atoms with Crippen LogP contribution in [0.3, 0.4) is 0 Å². The first-order chi connectivity index (χ1) is 9.40. The predicted molar refractivity (Wildman–Crippen MR) is 79.7 cm³/mol. The number of nitrogens with zero attached hydrogens (tertiary/aromatic N) is 1. The summed E-state index contributed by atoms with van der Waals surface area (Å²) in [5.74, 6) is 0. The summed E-state index contributed by atoms with van der Waals surface area (Å²) < 4.78 is 26.8. The SMILES string of the molecule is O=S(=O)(NCc1cccnc1)c1c(Cl)cc(Cl)cc1Cl. The van der Waals surface area contributed by atoms with Crippen LogP contribution in [0.25, 0.3) is 0 Å². The van der Waals surface area contributed by atoms with E-state index >= 15 is 0 Å². The van der Waals surface area contributed by atoms with Gasteiger partial charge in [-0.2, -0.15) is 0 Å². The maximum Gasteiger partial charge on any atom is 0.243 e. The number of hydrogen-bond acceptors (Lipinski definition) is 3. The van der Waals surface area contributed by atoms with Crippen LogP contribution >= 0.6 is 34.8 Å². The van der Waals surface area contributed by atoms with Crippen molar-refractivity contribution >= 4 is 44.8 Å². The first kappa shape index (κ1) is 15.5. The fraction of sp³-hybridized carbons (Fsp3) is 0.0833. The van der Waals surface area contributed by atoms with Gasteiger partial charge in [-0.3, -0.25) is 4.98 Å². The number of rotatable bonds is 4. The number of hydrogen-bond donors (Lipinski definition) is 1. The minimum Gasteiger partial charge on any atom is -0.264 e. The molecular weight excluding hydrogens is 343 g/mol. The van der Waals surface area contributed by atoms with Gasteiger partial charge in [0.2, 0.25) is 10.0 Å². The van der Waals surface area contributed by atoms with Gasteiger partial charge in [-0.05, 0) is 23.8 Å². The van der Waals surface area contributed by atoms with Gasteiger partial charge >= 0.3 is 0 Å². The Kier molecular flexibility index (Phi) is 4.88. The predicted octanol–water partition coefficient (Wildman–Crippen LogP) is 3.52. The number of sulfonamides is 1. The largest absolute Gasteiger partial charge is 0.264 e. The van der Waals surface area contributed by atoms with E-state index in [1.54, 1.807) is 24.5 Å². The normalized spacial score (nSPS) is 11.6. The Balaban J connectivity index is 2.28. The van der Waals surface area contributed by atoms with Gasteiger partial charge in [0, 0.05) is 24.0 Å². The van der Waals surface area contributed by atoms with Crippen molar-refractivity contribution in [2.75, 3.05) is 0 Å². The third-order valence-electron chi connectivity index (χ3n) is 2.42. The third-order valence-corrected chi connectivity index (χ3v) is 4.96. The number of benzene rings is 1. The summed E-state index contributed by atoms with van der Waals surface area (Å²) in [4.78, 5) is 3.71. The average molecular weight is 352 g/mol. The lowest BCUT2D eigenvalue weighted by atomic mass is 10.3. The molecule has 0 aliphatic heterocycles. The highest BCUT2D eigenvalue weighted by Gasteiger charge is 2.22. The fourth-order valence-corrected chi connectivity index (χ4v) is 4.10. The first-order valence-electron chi connectivity index (χ1n) is 5.43. The number of aromatic nitrogens is 1. The second kappa shape index (κ2) is 6.28. The topological polar surface area (TPSA) is 59.1 Å². The smallest absolute Gasteiger partial charge is 0.243 e. The van der Waals surface area contributed by atoms with Crippen molar-refractivity contribution in [3.05, 3.63) is 57.3 Å². The average Bonchev–Trinajstić information content (AvgIpc) is 2.36. The Bertz CT molecular complexity index is 698. The van der Waals surface area contributed by atoms with E-state index in [0.29, 0.717) is 0 Å². The molecule has 4 nitrogen and oxygen atoms in total. The summed E-state index contributed by atoms with van der Waals surface area (Å²) in [7, 11) is -3.84. The third kappa shape index (κ3) is 3.62. The second-order valence-electron chi connectivity index (χ2n) is 3.88. The summed E-state index contributed by atoms with van der Waals surface area (Å²) >= 11 is 17.6. The molecule has 8 heteroatoms. The van der Waals surface area contributed by atoms with Crippen molar-refractivity contribution in [1.82, 2.24) is 9.71 Å². The van der Waals surface area contributed by atoms with Gasteiger partial charge in [0.15, 0.2) is 0 Å². The molecule has 0 aliphatic carbocycles. The zero-order valence-corrected chi connectivity index (χ0v) is 13.1. The van der Waals surface area contributed by atoms with Crippen LogP contribution in [-0.2, 0) is 16.6 Å². The summed E-state index contributed by atoms with van der Waals surface area (Å²) in [6, 6.07) is 6.12. The van der Waals surface area contributed by atoms with Gasteiger partial charge in [-0.15, -0.1) is 0 Å². The summed E-state index contributed by atoms with van der Waals surface area (Å²) in [5.41, 5.74) is 0.720. The molecule has 0 unspecified atom stereocenters. The molecule has 0 bridgehead atoms. The van der Waals surface area contributed by atoms with Gasteiger partial charge in [0.05, 0.1) is 10.0 Å². The molecule has 20 heavy (non-hydrogen) atoms. The molecule has 2 aromatic rings. The van der Waals surface area contributed by atoms with Crippen LogP contribution in [0.2, 0.25) is 15.1 Å². The van der Waals surface area contributed by atoms with Crippen LogP contribution < -0.4 is 4.72 Å². The van der Waals surface area contributed by atoms with Gasteiger partial charge < -0.3 is 0 Å². The van der Waals surface area contributed by atoms with Gasteiger partial charge in [-0.25, -0.2) is 13.1 Å². The summed E-state index contributed by atoms with van der Waals surface area (Å²) in [6.45, 7) is 0.0887. The van der Waals surface area contributed by atoms with Crippen LogP contribution in [-0.4, -0.2) is 13.4 Å². The van der Waals surface area contributed by atoms with Crippen molar-refractivity contribution in [2.24, 2.45) is 0 Å². The Morgan fingerprint density at radius 1 is 1.15 bits per heavy atom. The highest BCUT2D eigenvalue weighted by Crippen LogP contribution is 2.32. The molecule has 0 atom stereocenters. The number of pyridine rings is 1. The van der Waals surface area contributed by atoms with E-state index < -0.39 is 10.0 Å². The Labute approximate surface area is 131 Å². The standard InChI is InChI=1S/C12H9Cl3N2O2S/c13-9-4-10(14)12(11(15)5-9)20(18,19)17-7-8-2-1-3-16-6-8/h1-6,17H,7H2. The van der Waals surface area contributed by atoms with Crippen molar-refractivity contribution in [3.63, 3.8) is 0 Å². The van der Waals surface area contributed by atoms with E-state index in [4.69, 9.17) is 34.8 Å². The van der Waals surface area contributed by atoms with Crippen LogP contribution in [0.5, 0.6) is 0 Å². The molecule has 1 aromatic heterocycles. The highest BCUT2D eigenvalue weighted by molar-refractivity contribution is 7.89. The molecule has 0 amide bonds. The van der Waals surface area contributed by atoms with Gasteiger partial charge in [0.25, 0.3) is 0 Å². The minimum absolute atomic E-state index is 0.0267. The summed E-state index contributed by atoms with van der Waals surface area (Å²) in [6.07, 6.45) is 3.17. The van der Waals surface area contributed by atoms with Crippen molar-refractivity contribution in [3.8, 4) is 0 Å². The molecule has 1 N–H and O–H groups in total. The first-order valence-corrected chi connectivity index (χ1v) is 8.05. The molecule has 0 fully saturated rings. The number of nitrogens with one attached hydrogen (secondary N) is 1. The zero-order valence-electron chi connectivity index (χ0n) is 9.98. The van der Waals surface area contributed by atoms with Crippen LogP contribution in [0.4, 0.5) is 0 Å². The lowest BCUT2D eigenvalue weighted by molar-refractivity contribution is 0.581. The molecule has 106 valence electrons. The summed E-state index contributed by atoms with van der Waals surface area (Å²) in [5, 5.41) is 0.216. The van der Waals surface area contributed by atoms with E-state index in [1.807, 2.05) is 0 Å². The van der Waals surface area contributed by atoms with Crippen LogP contribution in [0, 0.1) is 0 Å². The lowest BCUT2D eigenvalue weighted by Gasteiger charge is -2.10. The van der Waals surface area contributed by atoms with Crippen LogP contribution in [0.15, 0.2) is 41.6 Å². The van der Waals surface area contributed by atoms with Gasteiger partial charge in [-0.1, -0.05) is 40.9 Å². The zero-order chi connectivity index (χ0) is 14.8. The second-order valence-corrected chi connectivity index (χ2v) is 6.84. The molecule has 1 aromatic carbocycles. The molecule has 0 radical (unpaired) electrons. The molecule has 0 aliphatic rings. The quantitative estimate of drug-likeness (QED) is 0.917. The molecule has 2 rings (SSSR count). The number of halogens is 3. The van der Waals surface area contributed by atoms with E-state index in [-0.39, 0.29) is 26.5 Å². The molecule has 1 heterocycles. The Hall–Kier alpha value is -0.850. The monoisotopic (exact) mass is 350 g/mol. The maximum atomic E-state index is 12.2. The van der Waals surface area contributed by atoms with Gasteiger partial charge in [0.1, 0.15) is 4.90 Å². The van der Waals surface area contributed by atoms with E-state index in [0.717, 1.165) is 5.56 Å². The van der Waals surface area contributed by atoms with Crippen molar-refractivity contribution < 1.29 is 8.42 Å². The highest BCUT2D eigenvalue weighted by atomic mass is 35.5. The van der Waals surface area contributed by atoms with Crippen molar-refractivity contribution in [2.45, 2.75) is 11.4 Å². The Morgan fingerprint density at radius 2 is 1.80 bits per heavy atom. The fourth-order valence-electron chi connectivity index (χ4n) is 1.54. The van der Waals surface area contributed by atoms with E-state index in [9.17, 15) is 8.42 Å². The maximum absolute atomic E-state index is 12.2. The van der Waals surface area contributed by atoms with E-state index in [2.05, 4.69) is 9.71 Å². The van der Waals surface area contributed by atoms with Crippen molar-refractivity contribution in [1.29, 1.82) is 0 Å². The molecule has 0 spiro atoms. The lowest BCUT2D eigenvalue weighted by Crippen LogP contribution is -2.24. The van der Waals surface area contributed by atoms with E-state index in [1.165, 1.54) is 12.1 Å². The van der Waals surface area contributed by atoms with Crippen LogP contribution in [0.1, 0.15) is 5.56 Å². The minimum atomic E-state index is -3.84. The molecule has 0 saturated heterocycles. The Morgan fingerprint density at radius 3 is 2.35 bits per heavy atom. The molecule has 0 saturated carbocycles.